The summed E-state index contributed by atoms with van der Waals surface area (Å²) in [5, 5.41) is 12.1. The Labute approximate surface area is 399 Å². The summed E-state index contributed by atoms with van der Waals surface area (Å²) in [4.78, 5) is 2.34. The molecule has 322 valence electrons. The number of hydrogen-bond acceptors (Lipinski definition) is 2. The van der Waals surface area contributed by atoms with Crippen molar-refractivity contribution in [2.24, 2.45) is 0 Å². The fraction of sp³-hybridized carbons (Fsp3) is 0. The lowest BCUT2D eigenvalue weighted by molar-refractivity contribution is 0.672. The van der Waals surface area contributed by atoms with E-state index in [0.717, 1.165) is 66.8 Å². The van der Waals surface area contributed by atoms with Crippen molar-refractivity contribution in [1.82, 2.24) is 4.57 Å². The molecule has 0 aliphatic carbocycles. The predicted molar refractivity (Wildman–Crippen MR) is 292 cm³/mol. The molecule has 14 rings (SSSR count). The van der Waals surface area contributed by atoms with Gasteiger partial charge in [0.15, 0.2) is 0 Å². The Morgan fingerprint density at radius 1 is 0.290 bits per heavy atom. The van der Waals surface area contributed by atoms with Crippen molar-refractivity contribution in [3.63, 3.8) is 0 Å². The van der Waals surface area contributed by atoms with Crippen molar-refractivity contribution in [2.45, 2.75) is 0 Å². The standard InChI is InChI=1S/C66H42N2O/c1-4-20-55-45(13-1)31-37-61-60-38-36-53(42-65(60)69-66(55)61)67(51-34-29-44(30-35-51)47-16-12-18-52(40-47)68-63-25-9-7-23-58(63)59-24-8-10-26-64(59)68)50-32-27-43(28-33-50)46-15-11-17-48(39-46)62-41-49-14-2-3-19-54(49)56-21-5-6-22-57(56)62/h1-42H. The molecule has 12 aromatic carbocycles. The lowest BCUT2D eigenvalue weighted by Crippen LogP contribution is -2.09. The number of anilines is 3. The highest BCUT2D eigenvalue weighted by Gasteiger charge is 2.19. The number of aromatic nitrogens is 1. The molecule has 0 atom stereocenters. The van der Waals surface area contributed by atoms with Crippen molar-refractivity contribution in [2.75, 3.05) is 4.90 Å². The monoisotopic (exact) mass is 878 g/mol. The smallest absolute Gasteiger partial charge is 0.143 e. The van der Waals surface area contributed by atoms with Gasteiger partial charge in [0.05, 0.1) is 11.0 Å². The first-order valence-corrected chi connectivity index (χ1v) is 23.6. The highest BCUT2D eigenvalue weighted by Crippen LogP contribution is 2.43. The molecule has 0 saturated carbocycles. The van der Waals surface area contributed by atoms with Crippen LogP contribution in [0, 0.1) is 0 Å². The number of hydrogen-bond donors (Lipinski definition) is 0. The molecule has 0 radical (unpaired) electrons. The molecule has 0 unspecified atom stereocenters. The lowest BCUT2D eigenvalue weighted by atomic mass is 9.92. The summed E-state index contributed by atoms with van der Waals surface area (Å²) in [5.74, 6) is 0. The number of nitrogens with zero attached hydrogens (tertiary/aromatic N) is 2. The molecular weight excluding hydrogens is 837 g/mol. The maximum absolute atomic E-state index is 6.75. The van der Waals surface area contributed by atoms with Crippen molar-refractivity contribution in [3.05, 3.63) is 255 Å². The van der Waals surface area contributed by atoms with Crippen molar-refractivity contribution in [3.8, 4) is 39.1 Å². The molecule has 0 amide bonds. The van der Waals surface area contributed by atoms with Crippen molar-refractivity contribution in [1.29, 1.82) is 0 Å². The Bertz CT molecular complexity index is 4260. The van der Waals surface area contributed by atoms with Gasteiger partial charge < -0.3 is 13.9 Å². The van der Waals surface area contributed by atoms with Gasteiger partial charge in [0.25, 0.3) is 0 Å². The minimum Gasteiger partial charge on any atom is -0.455 e. The van der Waals surface area contributed by atoms with Gasteiger partial charge in [0, 0.05) is 55.7 Å². The third-order valence-corrected chi connectivity index (χ3v) is 14.1. The fourth-order valence-electron chi connectivity index (χ4n) is 10.9. The second-order valence-corrected chi connectivity index (χ2v) is 18.1. The second-order valence-electron chi connectivity index (χ2n) is 18.1. The molecule has 69 heavy (non-hydrogen) atoms. The SMILES string of the molecule is c1cc(-c2ccc(N(c3ccc(-c4cccc(-n5c6ccccc6c6ccccc65)c4)cc3)c3ccc4c(c3)oc3c5ccccc5ccc43)cc2)cc(-c2cc3ccccc3c3ccccc23)c1. The summed E-state index contributed by atoms with van der Waals surface area (Å²) in [6, 6.07) is 92.4. The first kappa shape index (κ1) is 39.0. The second kappa shape index (κ2) is 15.7. The van der Waals surface area contributed by atoms with E-state index in [9.17, 15) is 0 Å². The zero-order valence-corrected chi connectivity index (χ0v) is 37.6. The van der Waals surface area contributed by atoms with Gasteiger partial charge in [0.2, 0.25) is 0 Å². The van der Waals surface area contributed by atoms with E-state index in [1.54, 1.807) is 0 Å². The number of benzene rings is 12. The van der Waals surface area contributed by atoms with Crippen LogP contribution in [-0.4, -0.2) is 4.57 Å². The Morgan fingerprint density at radius 3 is 1.54 bits per heavy atom. The molecule has 0 N–H and O–H groups in total. The van der Waals surface area contributed by atoms with Crippen molar-refractivity contribution < 1.29 is 4.42 Å². The Kier molecular flexibility index (Phi) is 8.90. The highest BCUT2D eigenvalue weighted by molar-refractivity contribution is 6.16. The Hall–Kier alpha value is -9.18. The maximum Gasteiger partial charge on any atom is 0.143 e. The molecule has 0 saturated heterocycles. The van der Waals surface area contributed by atoms with E-state index in [0.29, 0.717) is 0 Å². The average molecular weight is 879 g/mol. The van der Waals surface area contributed by atoms with Crippen LogP contribution in [0.5, 0.6) is 0 Å². The molecule has 2 heterocycles. The van der Waals surface area contributed by atoms with E-state index in [1.807, 2.05) is 0 Å². The Morgan fingerprint density at radius 2 is 0.826 bits per heavy atom. The Balaban J connectivity index is 0.859. The van der Waals surface area contributed by atoms with Gasteiger partial charge in [-0.05, 0) is 139 Å². The van der Waals surface area contributed by atoms with Gasteiger partial charge in [-0.3, -0.25) is 0 Å². The highest BCUT2D eigenvalue weighted by atomic mass is 16.3. The van der Waals surface area contributed by atoms with E-state index in [4.69, 9.17) is 4.42 Å². The van der Waals surface area contributed by atoms with Crippen LogP contribution in [-0.2, 0) is 0 Å². The van der Waals surface area contributed by atoms with Gasteiger partial charge in [-0.15, -0.1) is 0 Å². The number of para-hydroxylation sites is 2. The maximum atomic E-state index is 6.75. The fourth-order valence-corrected chi connectivity index (χ4v) is 10.9. The quantitative estimate of drug-likeness (QED) is 0.149. The van der Waals surface area contributed by atoms with Gasteiger partial charge in [0.1, 0.15) is 11.2 Å². The third kappa shape index (κ3) is 6.43. The largest absolute Gasteiger partial charge is 0.455 e. The number of furan rings is 1. The van der Waals surface area contributed by atoms with Crippen molar-refractivity contribution >= 4 is 93.1 Å². The summed E-state index contributed by atoms with van der Waals surface area (Å²) in [6.07, 6.45) is 0. The van der Waals surface area contributed by atoms with E-state index in [1.165, 1.54) is 65.4 Å². The average Bonchev–Trinajstić information content (AvgIpc) is 3.97. The molecule has 14 aromatic rings. The normalized spacial score (nSPS) is 11.8. The first-order valence-electron chi connectivity index (χ1n) is 23.6. The molecule has 0 bridgehead atoms. The molecule has 0 fully saturated rings. The van der Waals surface area contributed by atoms with E-state index in [-0.39, 0.29) is 0 Å². The summed E-state index contributed by atoms with van der Waals surface area (Å²) in [5.41, 5.74) is 15.5. The zero-order chi connectivity index (χ0) is 45.4. The van der Waals surface area contributed by atoms with Gasteiger partial charge in [-0.2, -0.15) is 0 Å². The molecule has 0 spiro atoms. The third-order valence-electron chi connectivity index (χ3n) is 14.1. The van der Waals surface area contributed by atoms with Crippen LogP contribution in [0.3, 0.4) is 0 Å². The van der Waals surface area contributed by atoms with Crippen LogP contribution >= 0.6 is 0 Å². The molecule has 3 heteroatoms. The minimum atomic E-state index is 0.858. The van der Waals surface area contributed by atoms with Crippen LogP contribution in [0.1, 0.15) is 0 Å². The van der Waals surface area contributed by atoms with Gasteiger partial charge >= 0.3 is 0 Å². The number of rotatable bonds is 7. The van der Waals surface area contributed by atoms with Gasteiger partial charge in [-0.25, -0.2) is 0 Å². The lowest BCUT2D eigenvalue weighted by Gasteiger charge is -2.26. The molecular formula is C66H42N2O. The number of fused-ring (bicyclic) bond motifs is 11. The van der Waals surface area contributed by atoms with E-state index >= 15 is 0 Å². The molecule has 0 aliphatic heterocycles. The van der Waals surface area contributed by atoms with Crippen LogP contribution in [0.25, 0.3) is 115 Å². The molecule has 0 aliphatic rings. The minimum absolute atomic E-state index is 0.858. The van der Waals surface area contributed by atoms with Crippen LogP contribution in [0.15, 0.2) is 259 Å². The summed E-state index contributed by atoms with van der Waals surface area (Å²) < 4.78 is 9.13. The van der Waals surface area contributed by atoms with Crippen LogP contribution in [0.2, 0.25) is 0 Å². The molecule has 2 aromatic heterocycles. The summed E-state index contributed by atoms with van der Waals surface area (Å²) in [7, 11) is 0. The first-order chi connectivity index (χ1) is 34.2. The van der Waals surface area contributed by atoms with E-state index < -0.39 is 0 Å². The van der Waals surface area contributed by atoms with Crippen LogP contribution in [0.4, 0.5) is 17.1 Å². The summed E-state index contributed by atoms with van der Waals surface area (Å²) >= 11 is 0. The topological polar surface area (TPSA) is 21.3 Å². The van der Waals surface area contributed by atoms with Crippen LogP contribution < -0.4 is 4.90 Å². The molecule has 3 nitrogen and oxygen atoms in total. The summed E-state index contributed by atoms with van der Waals surface area (Å²) in [6.45, 7) is 0. The predicted octanol–water partition coefficient (Wildman–Crippen LogP) is 18.6. The van der Waals surface area contributed by atoms with Gasteiger partial charge in [-0.1, -0.05) is 170 Å². The zero-order valence-electron chi connectivity index (χ0n) is 37.6. The van der Waals surface area contributed by atoms with E-state index in [2.05, 4.69) is 264 Å².